The normalized spacial score (nSPS) is 28.0. The van der Waals surface area contributed by atoms with E-state index in [1.54, 1.807) is 0 Å². The van der Waals surface area contributed by atoms with Crippen LogP contribution < -0.4 is 10.2 Å². The average Bonchev–Trinajstić information content (AvgIpc) is 2.70. The molecule has 0 bridgehead atoms. The van der Waals surface area contributed by atoms with Gasteiger partial charge in [0.1, 0.15) is 0 Å². The van der Waals surface area contributed by atoms with Gasteiger partial charge in [-0.3, -0.25) is 0 Å². The molecule has 4 heteroatoms. The lowest BCUT2D eigenvalue weighted by molar-refractivity contribution is 0.185. The molecule has 2 atom stereocenters. The lowest BCUT2D eigenvalue weighted by Gasteiger charge is -2.27. The molecule has 1 fully saturated rings. The highest BCUT2D eigenvalue weighted by Gasteiger charge is 2.34. The quantitative estimate of drug-likeness (QED) is 0.750. The zero-order chi connectivity index (χ0) is 11.1. The number of benzene rings is 1. The van der Waals surface area contributed by atoms with E-state index >= 15 is 0 Å². The van der Waals surface area contributed by atoms with Gasteiger partial charge in [-0.2, -0.15) is 0 Å². The Morgan fingerprint density at radius 2 is 2.31 bits per heavy atom. The van der Waals surface area contributed by atoms with Crippen LogP contribution in [-0.4, -0.2) is 32.8 Å². The van der Waals surface area contributed by atoms with Crippen molar-refractivity contribution in [2.45, 2.75) is 6.04 Å². The number of hydrogen-bond donors (Lipinski definition) is 1. The number of para-hydroxylation sites is 1. The van der Waals surface area contributed by atoms with E-state index in [0.29, 0.717) is 12.0 Å². The Balaban J connectivity index is 2.05. The number of fused-ring (bicyclic) bond motifs is 2. The van der Waals surface area contributed by atoms with Crippen LogP contribution in [0.2, 0.25) is 5.02 Å². The number of nitrogens with zero attached hydrogens (tertiary/aromatic N) is 1. The molecule has 2 aliphatic heterocycles. The fourth-order valence-electron chi connectivity index (χ4n) is 2.60. The molecule has 0 radical (unpaired) electrons. The van der Waals surface area contributed by atoms with Gasteiger partial charge >= 0.3 is 0 Å². The maximum Gasteiger partial charge on any atom is 0.0767 e. The zero-order valence-corrected chi connectivity index (χ0v) is 10.00. The highest BCUT2D eigenvalue weighted by atomic mass is 35.5. The highest BCUT2D eigenvalue weighted by molar-refractivity contribution is 6.34. The van der Waals surface area contributed by atoms with Gasteiger partial charge in [0.15, 0.2) is 0 Å². The van der Waals surface area contributed by atoms with Gasteiger partial charge in [0.05, 0.1) is 35.7 Å². The summed E-state index contributed by atoms with van der Waals surface area (Å²) in [6.45, 7) is 2.59. The predicted molar refractivity (Wildman–Crippen MR) is 66.4 cm³/mol. The third kappa shape index (κ3) is 1.46. The minimum absolute atomic E-state index is 0.465. The highest BCUT2D eigenvalue weighted by Crippen LogP contribution is 2.38. The number of rotatable bonds is 0. The summed E-state index contributed by atoms with van der Waals surface area (Å²) in [5.41, 5.74) is 2.23. The molecule has 86 valence electrons. The largest absolute Gasteiger partial charge is 0.382 e. The summed E-state index contributed by atoms with van der Waals surface area (Å²) in [5, 5.41) is 4.24. The van der Waals surface area contributed by atoms with E-state index in [1.165, 1.54) is 5.69 Å². The zero-order valence-electron chi connectivity index (χ0n) is 9.24. The van der Waals surface area contributed by atoms with Crippen LogP contribution in [-0.2, 0) is 4.74 Å². The number of halogens is 1. The third-order valence-electron chi connectivity index (χ3n) is 3.57. The first-order valence-electron chi connectivity index (χ1n) is 5.60. The molecule has 0 aromatic heterocycles. The van der Waals surface area contributed by atoms with E-state index in [0.717, 1.165) is 30.5 Å². The van der Waals surface area contributed by atoms with Crippen molar-refractivity contribution >= 4 is 23.0 Å². The second-order valence-corrected chi connectivity index (χ2v) is 4.90. The van der Waals surface area contributed by atoms with Gasteiger partial charge in [-0.05, 0) is 12.1 Å². The summed E-state index contributed by atoms with van der Waals surface area (Å²) in [5.74, 6) is 0.550. The Labute approximate surface area is 100 Å². The van der Waals surface area contributed by atoms with Crippen molar-refractivity contribution in [1.29, 1.82) is 0 Å². The van der Waals surface area contributed by atoms with Crippen molar-refractivity contribution in [2.24, 2.45) is 5.92 Å². The SMILES string of the molecule is CN1c2cccc(Cl)c2NCC2COCC21. The van der Waals surface area contributed by atoms with E-state index in [4.69, 9.17) is 16.3 Å². The van der Waals surface area contributed by atoms with E-state index < -0.39 is 0 Å². The fraction of sp³-hybridized carbons (Fsp3) is 0.500. The van der Waals surface area contributed by atoms with Crippen LogP contribution in [0.3, 0.4) is 0 Å². The Morgan fingerprint density at radius 3 is 3.19 bits per heavy atom. The predicted octanol–water partition coefficient (Wildman–Crippen LogP) is 2.22. The number of likely N-dealkylation sites (N-methyl/N-ethyl adjacent to an activating group) is 1. The summed E-state index contributed by atoms with van der Waals surface area (Å²) >= 11 is 6.22. The van der Waals surface area contributed by atoms with Gasteiger partial charge in [-0.25, -0.2) is 0 Å². The number of hydrogen-bond acceptors (Lipinski definition) is 3. The minimum Gasteiger partial charge on any atom is -0.382 e. The van der Waals surface area contributed by atoms with Crippen molar-refractivity contribution in [2.75, 3.05) is 37.0 Å². The van der Waals surface area contributed by atoms with E-state index in [-0.39, 0.29) is 0 Å². The number of nitrogens with one attached hydrogen (secondary N) is 1. The van der Waals surface area contributed by atoms with Gasteiger partial charge in [0.2, 0.25) is 0 Å². The van der Waals surface area contributed by atoms with Crippen molar-refractivity contribution in [3.8, 4) is 0 Å². The Morgan fingerprint density at radius 1 is 1.44 bits per heavy atom. The molecular weight excluding hydrogens is 224 g/mol. The third-order valence-corrected chi connectivity index (χ3v) is 3.89. The molecule has 1 N–H and O–H groups in total. The number of anilines is 2. The summed E-state index contributed by atoms with van der Waals surface area (Å²) in [6.07, 6.45) is 0. The average molecular weight is 239 g/mol. The van der Waals surface area contributed by atoms with Crippen LogP contribution in [0.5, 0.6) is 0 Å². The van der Waals surface area contributed by atoms with Crippen LogP contribution in [0.1, 0.15) is 0 Å². The molecular formula is C12H15ClN2O. The van der Waals surface area contributed by atoms with Gasteiger partial charge in [-0.15, -0.1) is 0 Å². The van der Waals surface area contributed by atoms with Crippen LogP contribution in [0.15, 0.2) is 18.2 Å². The second-order valence-electron chi connectivity index (χ2n) is 4.49. The lowest BCUT2D eigenvalue weighted by atomic mass is 10.0. The molecule has 1 saturated heterocycles. The molecule has 2 unspecified atom stereocenters. The van der Waals surface area contributed by atoms with Crippen molar-refractivity contribution in [3.05, 3.63) is 23.2 Å². The molecule has 0 saturated carbocycles. The molecule has 3 rings (SSSR count). The molecule has 0 aliphatic carbocycles. The first-order chi connectivity index (χ1) is 7.77. The van der Waals surface area contributed by atoms with Gasteiger partial charge in [-0.1, -0.05) is 17.7 Å². The molecule has 16 heavy (non-hydrogen) atoms. The first kappa shape index (κ1) is 10.2. The molecule has 1 aromatic carbocycles. The lowest BCUT2D eigenvalue weighted by Crippen LogP contribution is -2.37. The molecule has 0 spiro atoms. The summed E-state index contributed by atoms with van der Waals surface area (Å²) in [4.78, 5) is 2.29. The molecule has 3 nitrogen and oxygen atoms in total. The van der Waals surface area contributed by atoms with Crippen molar-refractivity contribution in [3.63, 3.8) is 0 Å². The second kappa shape index (κ2) is 3.82. The maximum absolute atomic E-state index is 6.22. The molecule has 0 amide bonds. The Kier molecular flexibility index (Phi) is 2.45. The van der Waals surface area contributed by atoms with Crippen molar-refractivity contribution < 1.29 is 4.74 Å². The molecule has 2 heterocycles. The fourth-order valence-corrected chi connectivity index (χ4v) is 2.84. The summed E-state index contributed by atoms with van der Waals surface area (Å²) in [6, 6.07) is 6.50. The molecule has 1 aromatic rings. The number of ether oxygens (including phenoxy) is 1. The Hall–Kier alpha value is -0.930. The van der Waals surface area contributed by atoms with Crippen molar-refractivity contribution in [1.82, 2.24) is 0 Å². The topological polar surface area (TPSA) is 24.5 Å². The summed E-state index contributed by atoms with van der Waals surface area (Å²) in [7, 11) is 2.12. The Bertz CT molecular complexity index is 410. The van der Waals surface area contributed by atoms with E-state index in [2.05, 4.69) is 23.3 Å². The van der Waals surface area contributed by atoms with Gasteiger partial charge in [0.25, 0.3) is 0 Å². The minimum atomic E-state index is 0.465. The monoisotopic (exact) mass is 238 g/mol. The van der Waals surface area contributed by atoms with Gasteiger partial charge in [0, 0.05) is 19.5 Å². The first-order valence-corrected chi connectivity index (χ1v) is 5.98. The van der Waals surface area contributed by atoms with Crippen LogP contribution in [0, 0.1) is 5.92 Å². The smallest absolute Gasteiger partial charge is 0.0767 e. The van der Waals surface area contributed by atoms with E-state index in [1.807, 2.05) is 12.1 Å². The maximum atomic E-state index is 6.22. The standard InChI is InChI=1S/C12H15ClN2O/c1-15-10-4-2-3-9(13)12(10)14-5-8-6-16-7-11(8)15/h2-4,8,11,14H,5-7H2,1H3. The molecule has 2 aliphatic rings. The van der Waals surface area contributed by atoms with Crippen LogP contribution >= 0.6 is 11.6 Å². The van der Waals surface area contributed by atoms with E-state index in [9.17, 15) is 0 Å². The summed E-state index contributed by atoms with van der Waals surface area (Å²) < 4.78 is 5.55. The van der Waals surface area contributed by atoms with Crippen LogP contribution in [0.4, 0.5) is 11.4 Å². The van der Waals surface area contributed by atoms with Crippen LogP contribution in [0.25, 0.3) is 0 Å². The van der Waals surface area contributed by atoms with Gasteiger partial charge < -0.3 is 15.0 Å².